The molecule has 2 heterocycles. The van der Waals surface area contributed by atoms with Gasteiger partial charge in [-0.05, 0) is 50.6 Å². The van der Waals surface area contributed by atoms with Crippen molar-refractivity contribution in [2.75, 3.05) is 46.3 Å². The van der Waals surface area contributed by atoms with Crippen LogP contribution in [0.2, 0.25) is 0 Å². The minimum atomic E-state index is 0.0539. The molecule has 1 aromatic carbocycles. The summed E-state index contributed by atoms with van der Waals surface area (Å²) in [4.78, 5) is 22.8. The number of hydrogen-bond acceptors (Lipinski definition) is 7. The number of aromatic nitrogens is 1. The number of rotatable bonds is 9. The normalized spacial score (nSPS) is 11.2. The third kappa shape index (κ3) is 4.63. The van der Waals surface area contributed by atoms with Crippen molar-refractivity contribution >= 4 is 43.9 Å². The Morgan fingerprint density at radius 2 is 1.86 bits per heavy atom. The minimum Gasteiger partial charge on any atom is -0.495 e. The molecule has 0 N–H and O–H groups in total. The molecule has 0 aliphatic carbocycles. The zero-order chi connectivity index (χ0) is 20.1. The summed E-state index contributed by atoms with van der Waals surface area (Å²) < 4.78 is 11.8. The van der Waals surface area contributed by atoms with E-state index in [9.17, 15) is 4.79 Å². The fourth-order valence-electron chi connectivity index (χ4n) is 2.92. The number of benzene rings is 1. The van der Waals surface area contributed by atoms with Crippen LogP contribution in [-0.4, -0.2) is 57.2 Å². The highest BCUT2D eigenvalue weighted by Gasteiger charge is 2.22. The summed E-state index contributed by atoms with van der Waals surface area (Å²) in [5, 5.41) is 2.67. The Bertz CT molecular complexity index is 881. The molecule has 0 fully saturated rings. The molecule has 150 valence electrons. The van der Waals surface area contributed by atoms with Gasteiger partial charge in [0.15, 0.2) is 5.13 Å². The van der Waals surface area contributed by atoms with Crippen LogP contribution in [0.5, 0.6) is 11.5 Å². The molecule has 0 radical (unpaired) electrons. The highest BCUT2D eigenvalue weighted by atomic mass is 32.1. The van der Waals surface area contributed by atoms with Crippen molar-refractivity contribution in [3.05, 3.63) is 34.5 Å². The Morgan fingerprint density at radius 3 is 2.50 bits per heavy atom. The minimum absolute atomic E-state index is 0.0539. The molecule has 2 aromatic heterocycles. The molecule has 28 heavy (non-hydrogen) atoms. The number of nitrogens with zero attached hydrogens (tertiary/aromatic N) is 3. The number of amides is 1. The van der Waals surface area contributed by atoms with Crippen LogP contribution in [0.25, 0.3) is 10.2 Å². The molecule has 0 saturated heterocycles. The molecule has 1 amide bonds. The second-order valence-corrected chi connectivity index (χ2v) is 8.61. The molecule has 0 saturated carbocycles. The molecule has 0 unspecified atom stereocenters. The van der Waals surface area contributed by atoms with Crippen molar-refractivity contribution in [1.82, 2.24) is 9.88 Å². The third-order valence-electron chi connectivity index (χ3n) is 4.32. The van der Waals surface area contributed by atoms with Gasteiger partial charge in [-0.1, -0.05) is 17.4 Å². The van der Waals surface area contributed by atoms with Crippen LogP contribution in [0.1, 0.15) is 11.3 Å². The van der Waals surface area contributed by atoms with Gasteiger partial charge in [-0.25, -0.2) is 4.98 Å². The number of thiophene rings is 1. The van der Waals surface area contributed by atoms with Crippen LogP contribution in [0.4, 0.5) is 5.13 Å². The molecule has 6 nitrogen and oxygen atoms in total. The van der Waals surface area contributed by atoms with E-state index in [1.165, 1.54) is 11.3 Å². The summed E-state index contributed by atoms with van der Waals surface area (Å²) in [6, 6.07) is 7.67. The van der Waals surface area contributed by atoms with Crippen LogP contribution in [0.15, 0.2) is 29.6 Å². The number of thiazole rings is 1. The molecule has 8 heteroatoms. The maximum absolute atomic E-state index is 13.1. The second-order valence-electron chi connectivity index (χ2n) is 6.60. The Balaban J connectivity index is 1.95. The maximum Gasteiger partial charge on any atom is 0.234 e. The topological polar surface area (TPSA) is 54.9 Å². The summed E-state index contributed by atoms with van der Waals surface area (Å²) >= 11 is 3.06. The Morgan fingerprint density at radius 1 is 1.11 bits per heavy atom. The molecule has 0 spiro atoms. The molecule has 0 aliphatic rings. The molecule has 0 bridgehead atoms. The maximum atomic E-state index is 13.1. The number of hydrogen-bond donors (Lipinski definition) is 0. The van der Waals surface area contributed by atoms with E-state index < -0.39 is 0 Å². The monoisotopic (exact) mass is 419 g/mol. The molecule has 0 aliphatic heterocycles. The highest BCUT2D eigenvalue weighted by molar-refractivity contribution is 7.22. The van der Waals surface area contributed by atoms with Gasteiger partial charge in [-0.2, -0.15) is 0 Å². The van der Waals surface area contributed by atoms with Gasteiger partial charge in [0.2, 0.25) is 5.91 Å². The third-order valence-corrected chi connectivity index (χ3v) is 6.29. The predicted molar refractivity (Wildman–Crippen MR) is 116 cm³/mol. The lowest BCUT2D eigenvalue weighted by Gasteiger charge is -2.20. The van der Waals surface area contributed by atoms with Crippen molar-refractivity contribution in [2.24, 2.45) is 0 Å². The lowest BCUT2D eigenvalue weighted by atomic mass is 10.3. The molecule has 3 aromatic rings. The first-order valence-electron chi connectivity index (χ1n) is 9.02. The fraction of sp³-hybridized carbons (Fsp3) is 0.400. The van der Waals surface area contributed by atoms with Gasteiger partial charge in [0.05, 0.1) is 20.6 Å². The van der Waals surface area contributed by atoms with Gasteiger partial charge >= 0.3 is 0 Å². The first kappa shape index (κ1) is 20.6. The number of methoxy groups -OCH3 is 2. The van der Waals surface area contributed by atoms with Crippen LogP contribution < -0.4 is 14.4 Å². The SMILES string of the molecule is COc1ccc(OC)c2sc(N(CCCN(C)C)C(=O)Cc3cccs3)nc12. The highest BCUT2D eigenvalue weighted by Crippen LogP contribution is 2.40. The summed E-state index contributed by atoms with van der Waals surface area (Å²) in [6.45, 7) is 1.52. The quantitative estimate of drug-likeness (QED) is 0.526. The average molecular weight is 420 g/mol. The summed E-state index contributed by atoms with van der Waals surface area (Å²) in [5.41, 5.74) is 0.725. The van der Waals surface area contributed by atoms with E-state index in [0.717, 1.165) is 33.8 Å². The van der Waals surface area contributed by atoms with Crippen molar-refractivity contribution in [2.45, 2.75) is 12.8 Å². The molecular weight excluding hydrogens is 394 g/mol. The summed E-state index contributed by atoms with van der Waals surface area (Å²) in [6.07, 6.45) is 1.25. The summed E-state index contributed by atoms with van der Waals surface area (Å²) in [5.74, 6) is 1.47. The first-order chi connectivity index (χ1) is 13.5. The van der Waals surface area contributed by atoms with Crippen molar-refractivity contribution in [3.63, 3.8) is 0 Å². The molecule has 0 atom stereocenters. The lowest BCUT2D eigenvalue weighted by Crippen LogP contribution is -2.34. The largest absolute Gasteiger partial charge is 0.495 e. The van der Waals surface area contributed by atoms with Crippen molar-refractivity contribution in [1.29, 1.82) is 0 Å². The number of fused-ring (bicyclic) bond motifs is 1. The van der Waals surface area contributed by atoms with E-state index >= 15 is 0 Å². The zero-order valence-electron chi connectivity index (χ0n) is 16.6. The van der Waals surface area contributed by atoms with E-state index in [1.807, 2.05) is 43.7 Å². The molecule has 3 rings (SSSR count). The predicted octanol–water partition coefficient (Wildman–Crippen LogP) is 3.90. The number of ether oxygens (including phenoxy) is 2. The van der Waals surface area contributed by atoms with Gasteiger partial charge in [0.1, 0.15) is 21.7 Å². The number of carbonyl (C=O) groups excluding carboxylic acids is 1. The average Bonchev–Trinajstić information content (AvgIpc) is 3.33. The lowest BCUT2D eigenvalue weighted by molar-refractivity contribution is -0.118. The van der Waals surface area contributed by atoms with Gasteiger partial charge in [-0.3, -0.25) is 9.69 Å². The van der Waals surface area contributed by atoms with E-state index in [4.69, 9.17) is 14.5 Å². The van der Waals surface area contributed by atoms with E-state index in [0.29, 0.717) is 23.8 Å². The van der Waals surface area contributed by atoms with Crippen LogP contribution in [-0.2, 0) is 11.2 Å². The van der Waals surface area contributed by atoms with Crippen molar-refractivity contribution < 1.29 is 14.3 Å². The van der Waals surface area contributed by atoms with Crippen molar-refractivity contribution in [3.8, 4) is 11.5 Å². The van der Waals surface area contributed by atoms with E-state index in [2.05, 4.69) is 4.90 Å². The van der Waals surface area contributed by atoms with Gasteiger partial charge in [0.25, 0.3) is 0 Å². The Kier molecular flexibility index (Phi) is 6.88. The number of carbonyl (C=O) groups is 1. The second kappa shape index (κ2) is 9.36. The van der Waals surface area contributed by atoms with Crippen LogP contribution in [0, 0.1) is 0 Å². The Labute approximate surface area is 173 Å². The van der Waals surface area contributed by atoms with E-state index in [-0.39, 0.29) is 5.91 Å². The Hall–Kier alpha value is -2.16. The zero-order valence-corrected chi connectivity index (χ0v) is 18.2. The van der Waals surface area contributed by atoms with E-state index in [1.54, 1.807) is 30.5 Å². The summed E-state index contributed by atoms with van der Waals surface area (Å²) in [7, 11) is 7.32. The molecular formula is C20H25N3O3S2. The smallest absolute Gasteiger partial charge is 0.234 e. The van der Waals surface area contributed by atoms with Gasteiger partial charge in [-0.15, -0.1) is 11.3 Å². The van der Waals surface area contributed by atoms with Crippen LogP contribution in [0.3, 0.4) is 0 Å². The standard InChI is InChI=1S/C20H25N3O3S2/c1-22(2)10-6-11-23(17(24)13-14-7-5-12-27-14)20-21-18-15(25-3)8-9-16(26-4)19(18)28-20/h5,7-9,12H,6,10-11,13H2,1-4H3. The fourth-order valence-corrected chi connectivity index (χ4v) is 4.73. The first-order valence-corrected chi connectivity index (χ1v) is 10.7. The van der Waals surface area contributed by atoms with Gasteiger partial charge in [0, 0.05) is 11.4 Å². The number of anilines is 1. The van der Waals surface area contributed by atoms with Gasteiger partial charge < -0.3 is 14.4 Å². The van der Waals surface area contributed by atoms with Crippen LogP contribution >= 0.6 is 22.7 Å².